The minimum absolute atomic E-state index is 0.0836. The summed E-state index contributed by atoms with van der Waals surface area (Å²) in [5.74, 6) is -1.93. The van der Waals surface area contributed by atoms with Crippen molar-refractivity contribution in [3.63, 3.8) is 0 Å². The predicted octanol–water partition coefficient (Wildman–Crippen LogP) is 2.83. The SMILES string of the molecule is CN(Cc1csc(Br)c1)C(=O)[C@H]1[C@@H](C(=O)O)C1(C)C. The molecule has 6 heteroatoms. The predicted molar refractivity (Wildman–Crippen MR) is 76.9 cm³/mol. The van der Waals surface area contributed by atoms with Gasteiger partial charge < -0.3 is 10.0 Å². The highest BCUT2D eigenvalue weighted by Crippen LogP contribution is 2.59. The molecule has 0 aromatic carbocycles. The molecule has 1 aromatic heterocycles. The molecule has 1 aromatic rings. The smallest absolute Gasteiger partial charge is 0.307 e. The van der Waals surface area contributed by atoms with Crippen LogP contribution >= 0.6 is 27.3 Å². The number of rotatable bonds is 4. The highest BCUT2D eigenvalue weighted by molar-refractivity contribution is 9.11. The number of carboxylic acid groups (broad SMARTS) is 1. The van der Waals surface area contributed by atoms with E-state index in [-0.39, 0.29) is 5.91 Å². The molecular formula is C13H16BrNO3S. The third-order valence-corrected chi connectivity index (χ3v) is 5.33. The normalized spacial score (nSPS) is 24.0. The minimum atomic E-state index is -0.880. The molecule has 0 aliphatic heterocycles. The van der Waals surface area contributed by atoms with Crippen LogP contribution in [-0.2, 0) is 16.1 Å². The van der Waals surface area contributed by atoms with Gasteiger partial charge in [0.1, 0.15) is 0 Å². The third-order valence-electron chi connectivity index (χ3n) is 3.78. The van der Waals surface area contributed by atoms with Gasteiger partial charge in [0.2, 0.25) is 5.91 Å². The van der Waals surface area contributed by atoms with Crippen molar-refractivity contribution in [2.24, 2.45) is 17.3 Å². The number of carbonyl (C=O) groups excluding carboxylic acids is 1. The van der Waals surface area contributed by atoms with Gasteiger partial charge in [0.25, 0.3) is 0 Å². The van der Waals surface area contributed by atoms with Gasteiger partial charge in [-0.2, -0.15) is 0 Å². The lowest BCUT2D eigenvalue weighted by molar-refractivity contribution is -0.141. The van der Waals surface area contributed by atoms with Gasteiger partial charge in [0, 0.05) is 13.6 Å². The summed E-state index contributed by atoms with van der Waals surface area (Å²) >= 11 is 4.96. The number of amides is 1. The Morgan fingerprint density at radius 1 is 1.47 bits per heavy atom. The fourth-order valence-corrected chi connectivity index (χ4v) is 3.78. The van der Waals surface area contributed by atoms with Crippen LogP contribution in [0.3, 0.4) is 0 Å². The number of hydrogen-bond donors (Lipinski definition) is 1. The van der Waals surface area contributed by atoms with Gasteiger partial charge in [-0.15, -0.1) is 11.3 Å². The van der Waals surface area contributed by atoms with Crippen LogP contribution in [0.15, 0.2) is 15.2 Å². The summed E-state index contributed by atoms with van der Waals surface area (Å²) in [6.45, 7) is 4.19. The van der Waals surface area contributed by atoms with Crippen LogP contribution in [0.4, 0.5) is 0 Å². The third kappa shape index (κ3) is 2.69. The Hall–Kier alpha value is -0.880. The monoisotopic (exact) mass is 345 g/mol. The number of halogens is 1. The molecule has 1 fully saturated rings. The van der Waals surface area contributed by atoms with E-state index in [0.717, 1.165) is 9.35 Å². The molecule has 0 spiro atoms. The molecule has 104 valence electrons. The van der Waals surface area contributed by atoms with Crippen LogP contribution < -0.4 is 0 Å². The number of carbonyl (C=O) groups is 2. The molecule has 1 aliphatic rings. The molecule has 1 amide bonds. The number of thiophene rings is 1. The zero-order valence-electron chi connectivity index (χ0n) is 11.0. The van der Waals surface area contributed by atoms with E-state index in [4.69, 9.17) is 5.11 Å². The quantitative estimate of drug-likeness (QED) is 0.912. The van der Waals surface area contributed by atoms with E-state index in [2.05, 4.69) is 15.9 Å². The summed E-state index contributed by atoms with van der Waals surface area (Å²) in [5.41, 5.74) is 0.616. The van der Waals surface area contributed by atoms with Crippen LogP contribution in [0.1, 0.15) is 19.4 Å². The first kappa shape index (κ1) is 14.5. The van der Waals surface area contributed by atoms with E-state index < -0.39 is 23.2 Å². The van der Waals surface area contributed by atoms with Gasteiger partial charge in [0.15, 0.2) is 0 Å². The molecule has 0 bridgehead atoms. The molecule has 2 rings (SSSR count). The summed E-state index contributed by atoms with van der Waals surface area (Å²) in [5, 5.41) is 11.1. The molecule has 0 unspecified atom stereocenters. The molecule has 19 heavy (non-hydrogen) atoms. The van der Waals surface area contributed by atoms with Crippen LogP contribution in [0.2, 0.25) is 0 Å². The van der Waals surface area contributed by atoms with E-state index in [9.17, 15) is 9.59 Å². The lowest BCUT2D eigenvalue weighted by Crippen LogP contribution is -2.29. The van der Waals surface area contributed by atoms with E-state index >= 15 is 0 Å². The maximum Gasteiger partial charge on any atom is 0.307 e. The van der Waals surface area contributed by atoms with Crippen LogP contribution in [0, 0.1) is 17.3 Å². The molecule has 1 heterocycles. The Labute approximate surface area is 124 Å². The standard InChI is InChI=1S/C13H16BrNO3S/c1-13(2)9(10(13)12(17)18)11(16)15(3)5-7-4-8(14)19-6-7/h4,6,9-10H,5H2,1-3H3,(H,17,18)/t9-,10+/m1/s1. The van der Waals surface area contributed by atoms with E-state index in [1.54, 1.807) is 23.3 Å². The summed E-state index contributed by atoms with van der Waals surface area (Å²) in [6.07, 6.45) is 0. The number of nitrogens with zero attached hydrogens (tertiary/aromatic N) is 1. The number of hydrogen-bond acceptors (Lipinski definition) is 3. The largest absolute Gasteiger partial charge is 0.481 e. The van der Waals surface area contributed by atoms with Gasteiger partial charge >= 0.3 is 5.97 Å². The molecule has 1 N–H and O–H groups in total. The second-order valence-electron chi connectivity index (χ2n) is 5.57. The minimum Gasteiger partial charge on any atom is -0.481 e. The zero-order chi connectivity index (χ0) is 14.4. The number of carboxylic acids is 1. The Kier molecular flexibility index (Phi) is 3.75. The topological polar surface area (TPSA) is 57.6 Å². The van der Waals surface area contributed by atoms with E-state index in [1.807, 2.05) is 25.3 Å². The highest BCUT2D eigenvalue weighted by atomic mass is 79.9. The number of aliphatic carboxylic acids is 1. The first-order chi connectivity index (χ1) is 8.75. The fraction of sp³-hybridized carbons (Fsp3) is 0.538. The lowest BCUT2D eigenvalue weighted by atomic mass is 10.1. The van der Waals surface area contributed by atoms with Crippen molar-refractivity contribution in [2.45, 2.75) is 20.4 Å². The summed E-state index contributed by atoms with van der Waals surface area (Å²) in [4.78, 5) is 25.0. The molecule has 2 atom stereocenters. The van der Waals surface area contributed by atoms with Crippen molar-refractivity contribution in [1.29, 1.82) is 0 Å². The molecule has 1 aliphatic carbocycles. The maximum atomic E-state index is 12.3. The van der Waals surface area contributed by atoms with Crippen molar-refractivity contribution in [3.8, 4) is 0 Å². The van der Waals surface area contributed by atoms with Crippen molar-refractivity contribution in [1.82, 2.24) is 4.90 Å². The maximum absolute atomic E-state index is 12.3. The zero-order valence-corrected chi connectivity index (χ0v) is 13.4. The highest BCUT2D eigenvalue weighted by Gasteiger charge is 2.66. The van der Waals surface area contributed by atoms with Gasteiger partial charge in [0.05, 0.1) is 15.6 Å². The summed E-state index contributed by atoms with van der Waals surface area (Å²) in [7, 11) is 1.72. The molecule has 1 saturated carbocycles. The van der Waals surface area contributed by atoms with Gasteiger partial charge in [-0.3, -0.25) is 9.59 Å². The Balaban J connectivity index is 2.03. The summed E-state index contributed by atoms with van der Waals surface area (Å²) < 4.78 is 1.03. The summed E-state index contributed by atoms with van der Waals surface area (Å²) in [6, 6.07) is 1.97. The molecule has 4 nitrogen and oxygen atoms in total. The average molecular weight is 346 g/mol. The first-order valence-corrected chi connectivity index (χ1v) is 7.63. The average Bonchev–Trinajstić information content (AvgIpc) is 2.63. The lowest BCUT2D eigenvalue weighted by Gasteiger charge is -2.17. The van der Waals surface area contributed by atoms with Crippen molar-refractivity contribution >= 4 is 39.1 Å². The van der Waals surface area contributed by atoms with Crippen molar-refractivity contribution in [2.75, 3.05) is 7.05 Å². The fourth-order valence-electron chi connectivity index (χ4n) is 2.58. The van der Waals surface area contributed by atoms with Gasteiger partial charge in [-0.05, 0) is 38.4 Å². The molecule has 0 saturated heterocycles. The Morgan fingerprint density at radius 2 is 2.11 bits per heavy atom. The van der Waals surface area contributed by atoms with Crippen molar-refractivity contribution in [3.05, 3.63) is 20.8 Å². The van der Waals surface area contributed by atoms with Crippen LogP contribution in [-0.4, -0.2) is 28.9 Å². The molecule has 0 radical (unpaired) electrons. The van der Waals surface area contributed by atoms with Gasteiger partial charge in [-0.1, -0.05) is 13.8 Å². The van der Waals surface area contributed by atoms with E-state index in [0.29, 0.717) is 6.54 Å². The van der Waals surface area contributed by atoms with Crippen LogP contribution in [0.5, 0.6) is 0 Å². The second kappa shape index (κ2) is 4.90. The van der Waals surface area contributed by atoms with Gasteiger partial charge in [-0.25, -0.2) is 0 Å². The molecular weight excluding hydrogens is 330 g/mol. The second-order valence-corrected chi connectivity index (χ2v) is 7.86. The van der Waals surface area contributed by atoms with E-state index in [1.165, 1.54) is 0 Å². The Morgan fingerprint density at radius 3 is 2.53 bits per heavy atom. The van der Waals surface area contributed by atoms with Crippen molar-refractivity contribution < 1.29 is 14.7 Å². The first-order valence-electron chi connectivity index (χ1n) is 5.96. The van der Waals surface area contributed by atoms with Crippen LogP contribution in [0.25, 0.3) is 0 Å². The Bertz CT molecular complexity index is 526.